The lowest BCUT2D eigenvalue weighted by molar-refractivity contribution is -0.153. The number of esters is 1. The molecule has 0 aromatic heterocycles. The first-order chi connectivity index (χ1) is 8.95. The van der Waals surface area contributed by atoms with Gasteiger partial charge in [0.25, 0.3) is 0 Å². The van der Waals surface area contributed by atoms with Crippen LogP contribution in [0.3, 0.4) is 0 Å². The smallest absolute Gasteiger partial charge is 0.324 e. The van der Waals surface area contributed by atoms with E-state index in [2.05, 4.69) is 0 Å². The average Bonchev–Trinajstić information content (AvgIpc) is 2.29. The highest BCUT2D eigenvalue weighted by Crippen LogP contribution is 2.27. The van der Waals surface area contributed by atoms with Crippen LogP contribution in [-0.2, 0) is 19.4 Å². The van der Waals surface area contributed by atoms with Crippen molar-refractivity contribution in [3.05, 3.63) is 28.2 Å². The van der Waals surface area contributed by atoms with E-state index >= 15 is 0 Å². The molecule has 0 amide bonds. The highest BCUT2D eigenvalue weighted by Gasteiger charge is 2.33. The summed E-state index contributed by atoms with van der Waals surface area (Å²) < 4.78 is 29.7. The number of hydrogen-bond donors (Lipinski definition) is 0. The van der Waals surface area contributed by atoms with Crippen molar-refractivity contribution in [2.75, 3.05) is 0 Å². The Hall–Kier alpha value is -0.780. The van der Waals surface area contributed by atoms with Gasteiger partial charge in [-0.05, 0) is 45.9 Å². The summed E-state index contributed by atoms with van der Waals surface area (Å²) in [5, 5.41) is -0.960. The molecular weight excluding hydrogens is 323 g/mol. The van der Waals surface area contributed by atoms with Gasteiger partial charge in [-0.15, -0.1) is 0 Å². The number of hydrogen-bond acceptors (Lipinski definition) is 4. The number of carbonyl (C=O) groups excluding carboxylic acids is 1. The molecule has 0 saturated carbocycles. The Morgan fingerprint density at radius 2 is 1.75 bits per heavy atom. The van der Waals surface area contributed by atoms with Crippen LogP contribution in [0, 0.1) is 0 Å². The largest absolute Gasteiger partial charge is 0.459 e. The van der Waals surface area contributed by atoms with E-state index in [1.165, 1.54) is 25.1 Å². The van der Waals surface area contributed by atoms with Crippen LogP contribution < -0.4 is 0 Å². The van der Waals surface area contributed by atoms with Crippen molar-refractivity contribution in [1.82, 2.24) is 0 Å². The summed E-state index contributed by atoms with van der Waals surface area (Å²) in [5.41, 5.74) is -0.751. The zero-order valence-corrected chi connectivity index (χ0v) is 13.9. The topological polar surface area (TPSA) is 60.4 Å². The first-order valence-electron chi connectivity index (χ1n) is 5.87. The van der Waals surface area contributed by atoms with E-state index in [0.29, 0.717) is 0 Å². The standard InChI is InChI=1S/C13H16Cl2O4S/c1-8(12(16)19-13(2,3)4)20(17,18)9-5-6-10(14)11(15)7-9/h5-8H,1-4H3. The van der Waals surface area contributed by atoms with E-state index in [9.17, 15) is 13.2 Å². The molecule has 112 valence electrons. The molecule has 0 saturated heterocycles. The zero-order valence-electron chi connectivity index (χ0n) is 11.6. The van der Waals surface area contributed by atoms with Gasteiger partial charge in [-0.25, -0.2) is 8.42 Å². The molecule has 1 unspecified atom stereocenters. The molecule has 1 rings (SSSR count). The van der Waals surface area contributed by atoms with Gasteiger partial charge in [-0.2, -0.15) is 0 Å². The van der Waals surface area contributed by atoms with Crippen LogP contribution in [0.15, 0.2) is 23.1 Å². The minimum Gasteiger partial charge on any atom is -0.459 e. The van der Waals surface area contributed by atoms with E-state index in [-0.39, 0.29) is 14.9 Å². The Labute approximate surface area is 128 Å². The van der Waals surface area contributed by atoms with E-state index < -0.39 is 26.7 Å². The first kappa shape index (κ1) is 17.3. The zero-order chi connectivity index (χ0) is 15.7. The fourth-order valence-electron chi connectivity index (χ4n) is 1.37. The number of carbonyl (C=O) groups is 1. The lowest BCUT2D eigenvalue weighted by atomic mass is 10.2. The van der Waals surface area contributed by atoms with E-state index in [1.54, 1.807) is 20.8 Å². The summed E-state index contributed by atoms with van der Waals surface area (Å²) in [4.78, 5) is 11.8. The van der Waals surface area contributed by atoms with E-state index in [0.717, 1.165) is 0 Å². The molecule has 4 nitrogen and oxygen atoms in total. The molecule has 20 heavy (non-hydrogen) atoms. The second-order valence-corrected chi connectivity index (χ2v) is 8.38. The minimum absolute atomic E-state index is 0.0646. The van der Waals surface area contributed by atoms with E-state index in [4.69, 9.17) is 27.9 Å². The fourth-order valence-corrected chi connectivity index (χ4v) is 2.98. The molecule has 0 spiro atoms. The number of sulfone groups is 1. The molecule has 0 fully saturated rings. The average molecular weight is 339 g/mol. The van der Waals surface area contributed by atoms with Crippen LogP contribution in [-0.4, -0.2) is 25.2 Å². The Bertz CT molecular complexity index is 618. The molecule has 0 aliphatic heterocycles. The molecule has 0 bridgehead atoms. The quantitative estimate of drug-likeness (QED) is 0.791. The predicted octanol–water partition coefficient (Wildman–Crippen LogP) is 3.50. The fraction of sp³-hybridized carbons (Fsp3) is 0.462. The molecule has 0 aliphatic carbocycles. The van der Waals surface area contributed by atoms with Crippen molar-refractivity contribution in [3.63, 3.8) is 0 Å². The van der Waals surface area contributed by atoms with Crippen LogP contribution in [0.4, 0.5) is 0 Å². The SMILES string of the molecule is CC(C(=O)OC(C)(C)C)S(=O)(=O)c1ccc(Cl)c(Cl)c1. The van der Waals surface area contributed by atoms with Crippen molar-refractivity contribution in [1.29, 1.82) is 0 Å². The number of halogens is 2. The third-order valence-corrected chi connectivity index (χ3v) is 5.20. The van der Waals surface area contributed by atoms with Gasteiger partial charge in [0.05, 0.1) is 14.9 Å². The third-order valence-electron chi connectivity index (χ3n) is 2.42. The molecule has 7 heteroatoms. The maximum Gasteiger partial charge on any atom is 0.324 e. The number of ether oxygens (including phenoxy) is 1. The lowest BCUT2D eigenvalue weighted by Gasteiger charge is -2.22. The Balaban J connectivity index is 3.09. The second kappa shape index (κ2) is 5.92. The van der Waals surface area contributed by atoms with Crippen LogP contribution in [0.25, 0.3) is 0 Å². The second-order valence-electron chi connectivity index (χ2n) is 5.30. The van der Waals surface area contributed by atoms with Crippen LogP contribution in [0.5, 0.6) is 0 Å². The molecule has 1 aromatic rings. The Morgan fingerprint density at radius 1 is 1.20 bits per heavy atom. The van der Waals surface area contributed by atoms with Gasteiger partial charge in [0.1, 0.15) is 5.60 Å². The molecular formula is C13H16Cl2O4S. The van der Waals surface area contributed by atoms with Gasteiger partial charge in [0.15, 0.2) is 15.1 Å². The van der Waals surface area contributed by atoms with Crippen LogP contribution >= 0.6 is 23.2 Å². The summed E-state index contributed by atoms with van der Waals surface area (Å²) in [6.07, 6.45) is 0. The summed E-state index contributed by atoms with van der Waals surface area (Å²) in [5.74, 6) is -0.802. The molecule has 0 N–H and O–H groups in total. The van der Waals surface area contributed by atoms with Crippen molar-refractivity contribution in [3.8, 4) is 0 Å². The van der Waals surface area contributed by atoms with Gasteiger partial charge >= 0.3 is 5.97 Å². The van der Waals surface area contributed by atoms with Gasteiger partial charge in [-0.3, -0.25) is 4.79 Å². The van der Waals surface area contributed by atoms with Gasteiger partial charge in [-0.1, -0.05) is 23.2 Å². The van der Waals surface area contributed by atoms with Gasteiger partial charge in [0.2, 0.25) is 0 Å². The predicted molar refractivity (Wildman–Crippen MR) is 79.0 cm³/mol. The van der Waals surface area contributed by atoms with E-state index in [1.807, 2.05) is 0 Å². The highest BCUT2D eigenvalue weighted by atomic mass is 35.5. The van der Waals surface area contributed by atoms with Crippen molar-refractivity contribution >= 4 is 39.0 Å². The van der Waals surface area contributed by atoms with Crippen molar-refractivity contribution in [2.24, 2.45) is 0 Å². The summed E-state index contributed by atoms with van der Waals surface area (Å²) in [6.45, 7) is 6.29. The Kier molecular flexibility index (Phi) is 5.11. The number of benzene rings is 1. The lowest BCUT2D eigenvalue weighted by Crippen LogP contribution is -2.35. The van der Waals surface area contributed by atoms with Crippen molar-refractivity contribution < 1.29 is 17.9 Å². The Morgan fingerprint density at radius 3 is 2.20 bits per heavy atom. The number of rotatable bonds is 3. The summed E-state index contributed by atoms with van der Waals surface area (Å²) in [6, 6.07) is 3.91. The monoisotopic (exact) mass is 338 g/mol. The maximum absolute atomic E-state index is 12.3. The molecule has 1 atom stereocenters. The highest BCUT2D eigenvalue weighted by molar-refractivity contribution is 7.92. The van der Waals surface area contributed by atoms with Crippen LogP contribution in [0.2, 0.25) is 10.0 Å². The van der Waals surface area contributed by atoms with Crippen molar-refractivity contribution in [2.45, 2.75) is 43.4 Å². The molecule has 1 aromatic carbocycles. The molecule has 0 aliphatic rings. The minimum atomic E-state index is -3.87. The van der Waals surface area contributed by atoms with Gasteiger partial charge < -0.3 is 4.74 Å². The molecule has 0 radical (unpaired) electrons. The van der Waals surface area contributed by atoms with Gasteiger partial charge in [0, 0.05) is 0 Å². The maximum atomic E-state index is 12.3. The normalized spacial score (nSPS) is 13.9. The first-order valence-corrected chi connectivity index (χ1v) is 8.17. The summed E-state index contributed by atoms with van der Waals surface area (Å²) >= 11 is 11.5. The third kappa shape index (κ3) is 4.11. The van der Waals surface area contributed by atoms with Crippen LogP contribution in [0.1, 0.15) is 27.7 Å². The summed E-state index contributed by atoms with van der Waals surface area (Å²) in [7, 11) is -3.87. The molecule has 0 heterocycles.